The average molecular weight is 283 g/mol. The topological polar surface area (TPSA) is 44.8 Å². The molecule has 0 bridgehead atoms. The molecule has 0 spiro atoms. The molecule has 2 saturated heterocycles. The van der Waals surface area contributed by atoms with Crippen LogP contribution in [-0.4, -0.2) is 67.8 Å². The summed E-state index contributed by atoms with van der Waals surface area (Å²) in [5, 5.41) is 3.12. The number of amides is 2. The Hall–Kier alpha value is -0.810. The van der Waals surface area contributed by atoms with Crippen LogP contribution in [0.4, 0.5) is 4.79 Å². The summed E-state index contributed by atoms with van der Waals surface area (Å²) in [5.74, 6) is 0.667. The molecule has 1 unspecified atom stereocenters. The predicted molar refractivity (Wildman–Crippen MR) is 79.8 cm³/mol. The van der Waals surface area contributed by atoms with Gasteiger partial charge in [0.1, 0.15) is 0 Å². The van der Waals surface area contributed by atoms with Gasteiger partial charge in [-0.15, -0.1) is 0 Å². The first-order valence-electron chi connectivity index (χ1n) is 8.01. The van der Waals surface area contributed by atoms with E-state index in [4.69, 9.17) is 4.74 Å². The number of morpholine rings is 1. The van der Waals surface area contributed by atoms with Crippen molar-refractivity contribution in [1.29, 1.82) is 0 Å². The number of hydrogen-bond donors (Lipinski definition) is 1. The molecule has 1 atom stereocenters. The minimum Gasteiger partial charge on any atom is -0.378 e. The number of carbonyl (C=O) groups is 1. The van der Waals surface area contributed by atoms with Gasteiger partial charge >= 0.3 is 6.03 Å². The average Bonchev–Trinajstić information content (AvgIpc) is 2.97. The van der Waals surface area contributed by atoms with Crippen molar-refractivity contribution in [2.24, 2.45) is 5.92 Å². The van der Waals surface area contributed by atoms with Gasteiger partial charge in [0.25, 0.3) is 0 Å². The lowest BCUT2D eigenvalue weighted by Crippen LogP contribution is -2.50. The second-order valence-corrected chi connectivity index (χ2v) is 6.31. The van der Waals surface area contributed by atoms with Gasteiger partial charge in [-0.05, 0) is 38.3 Å². The molecule has 5 nitrogen and oxygen atoms in total. The Labute approximate surface area is 122 Å². The van der Waals surface area contributed by atoms with Gasteiger partial charge in [0.05, 0.1) is 13.2 Å². The fourth-order valence-electron chi connectivity index (χ4n) is 3.10. The predicted octanol–water partition coefficient (Wildman–Crippen LogP) is 1.54. The second-order valence-electron chi connectivity index (χ2n) is 6.31. The third kappa shape index (κ3) is 4.63. The Balaban J connectivity index is 1.79. The van der Waals surface area contributed by atoms with Gasteiger partial charge < -0.3 is 15.0 Å². The van der Waals surface area contributed by atoms with Gasteiger partial charge in [0, 0.05) is 25.7 Å². The molecule has 0 aliphatic carbocycles. The number of ether oxygens (including phenoxy) is 1. The third-order valence-electron chi connectivity index (χ3n) is 4.19. The fourth-order valence-corrected chi connectivity index (χ4v) is 3.10. The van der Waals surface area contributed by atoms with Crippen molar-refractivity contribution in [1.82, 2.24) is 15.1 Å². The van der Waals surface area contributed by atoms with E-state index in [1.807, 2.05) is 4.90 Å². The lowest BCUT2D eigenvalue weighted by molar-refractivity contribution is 0.0526. The first-order chi connectivity index (χ1) is 9.66. The highest BCUT2D eigenvalue weighted by atomic mass is 16.5. The Morgan fingerprint density at radius 1 is 1.15 bits per heavy atom. The molecule has 0 aromatic heterocycles. The van der Waals surface area contributed by atoms with Crippen LogP contribution < -0.4 is 5.32 Å². The van der Waals surface area contributed by atoms with E-state index >= 15 is 0 Å². The van der Waals surface area contributed by atoms with Crippen molar-refractivity contribution in [2.75, 3.05) is 45.9 Å². The van der Waals surface area contributed by atoms with Crippen molar-refractivity contribution in [3.8, 4) is 0 Å². The summed E-state index contributed by atoms with van der Waals surface area (Å²) in [7, 11) is 0. The highest BCUT2D eigenvalue weighted by molar-refractivity contribution is 5.74. The lowest BCUT2D eigenvalue weighted by Gasteiger charge is -2.31. The van der Waals surface area contributed by atoms with Crippen LogP contribution in [0.2, 0.25) is 0 Å². The molecule has 0 radical (unpaired) electrons. The Bertz CT molecular complexity index is 297. The minimum absolute atomic E-state index is 0.0706. The smallest absolute Gasteiger partial charge is 0.317 e. The van der Waals surface area contributed by atoms with Gasteiger partial charge in [0.2, 0.25) is 0 Å². The van der Waals surface area contributed by atoms with Crippen molar-refractivity contribution >= 4 is 6.03 Å². The maximum atomic E-state index is 12.1. The standard InChI is InChI=1S/C15H29N3O2/c1-13(2)11-14(17-5-3-4-6-17)12-16-15(19)18-7-9-20-10-8-18/h13-14H,3-12H2,1-2H3,(H,16,19). The molecule has 2 aliphatic heterocycles. The van der Waals surface area contributed by atoms with E-state index in [0.29, 0.717) is 38.3 Å². The summed E-state index contributed by atoms with van der Waals surface area (Å²) in [6, 6.07) is 0.559. The summed E-state index contributed by atoms with van der Waals surface area (Å²) >= 11 is 0. The Kier molecular flexibility index (Phi) is 6.10. The highest BCUT2D eigenvalue weighted by Crippen LogP contribution is 2.17. The monoisotopic (exact) mass is 283 g/mol. The summed E-state index contributed by atoms with van der Waals surface area (Å²) < 4.78 is 5.28. The Morgan fingerprint density at radius 3 is 2.40 bits per heavy atom. The number of rotatable bonds is 5. The molecule has 20 heavy (non-hydrogen) atoms. The van der Waals surface area contributed by atoms with E-state index in [9.17, 15) is 4.79 Å². The Morgan fingerprint density at radius 2 is 1.80 bits per heavy atom. The van der Waals surface area contributed by atoms with Gasteiger partial charge in [-0.2, -0.15) is 0 Å². The lowest BCUT2D eigenvalue weighted by atomic mass is 10.0. The second kappa shape index (κ2) is 7.84. The van der Waals surface area contributed by atoms with Crippen LogP contribution in [0.5, 0.6) is 0 Å². The van der Waals surface area contributed by atoms with Crippen molar-refractivity contribution in [3.05, 3.63) is 0 Å². The fraction of sp³-hybridized carbons (Fsp3) is 0.933. The number of likely N-dealkylation sites (tertiary alicyclic amines) is 1. The molecule has 2 fully saturated rings. The molecule has 0 aromatic rings. The van der Waals surface area contributed by atoms with Crippen LogP contribution in [0.3, 0.4) is 0 Å². The first kappa shape index (κ1) is 15.6. The van der Waals surface area contributed by atoms with Gasteiger partial charge in [-0.3, -0.25) is 4.90 Å². The molecule has 2 amide bonds. The maximum Gasteiger partial charge on any atom is 0.317 e. The molecule has 5 heteroatoms. The molecule has 0 aromatic carbocycles. The van der Waals surface area contributed by atoms with Crippen LogP contribution in [0.15, 0.2) is 0 Å². The van der Waals surface area contributed by atoms with Gasteiger partial charge in [-0.1, -0.05) is 13.8 Å². The summed E-state index contributed by atoms with van der Waals surface area (Å²) in [6.45, 7) is 10.4. The summed E-state index contributed by atoms with van der Waals surface area (Å²) in [4.78, 5) is 16.5. The van der Waals surface area contributed by atoms with Crippen LogP contribution in [0.1, 0.15) is 33.1 Å². The molecule has 2 heterocycles. The maximum absolute atomic E-state index is 12.1. The number of urea groups is 1. The molecular formula is C15H29N3O2. The number of hydrogen-bond acceptors (Lipinski definition) is 3. The zero-order valence-corrected chi connectivity index (χ0v) is 12.9. The molecule has 1 N–H and O–H groups in total. The summed E-state index contributed by atoms with van der Waals surface area (Å²) in [5.41, 5.74) is 0. The van der Waals surface area contributed by atoms with Crippen LogP contribution in [0, 0.1) is 5.92 Å². The molecule has 0 saturated carbocycles. The van der Waals surface area contributed by atoms with E-state index < -0.39 is 0 Å². The normalized spacial score (nSPS) is 22.2. The van der Waals surface area contributed by atoms with Gasteiger partial charge in [-0.25, -0.2) is 4.79 Å². The van der Waals surface area contributed by atoms with E-state index in [0.717, 1.165) is 13.0 Å². The molecular weight excluding hydrogens is 254 g/mol. The van der Waals surface area contributed by atoms with Crippen molar-refractivity contribution in [2.45, 2.75) is 39.2 Å². The largest absolute Gasteiger partial charge is 0.378 e. The quantitative estimate of drug-likeness (QED) is 0.832. The SMILES string of the molecule is CC(C)CC(CNC(=O)N1CCOCC1)N1CCCC1. The van der Waals surface area contributed by atoms with E-state index in [2.05, 4.69) is 24.1 Å². The zero-order chi connectivity index (χ0) is 14.4. The van der Waals surface area contributed by atoms with E-state index in [1.54, 1.807) is 0 Å². The van der Waals surface area contributed by atoms with Crippen LogP contribution in [-0.2, 0) is 4.74 Å². The third-order valence-corrected chi connectivity index (χ3v) is 4.19. The molecule has 2 aliphatic rings. The van der Waals surface area contributed by atoms with Crippen molar-refractivity contribution < 1.29 is 9.53 Å². The number of nitrogens with one attached hydrogen (secondary N) is 1. The number of carbonyl (C=O) groups excluding carboxylic acids is 1. The van der Waals surface area contributed by atoms with Crippen molar-refractivity contribution in [3.63, 3.8) is 0 Å². The van der Waals surface area contributed by atoms with Crippen LogP contribution in [0.25, 0.3) is 0 Å². The van der Waals surface area contributed by atoms with E-state index in [1.165, 1.54) is 25.9 Å². The molecule has 2 rings (SSSR count). The first-order valence-corrected chi connectivity index (χ1v) is 8.01. The zero-order valence-electron chi connectivity index (χ0n) is 12.9. The van der Waals surface area contributed by atoms with Gasteiger partial charge in [0.15, 0.2) is 0 Å². The highest BCUT2D eigenvalue weighted by Gasteiger charge is 2.24. The van der Waals surface area contributed by atoms with E-state index in [-0.39, 0.29) is 6.03 Å². The minimum atomic E-state index is 0.0706. The van der Waals surface area contributed by atoms with Crippen LogP contribution >= 0.6 is 0 Å². The number of nitrogens with zero attached hydrogens (tertiary/aromatic N) is 2. The molecule has 116 valence electrons. The summed E-state index contributed by atoms with van der Waals surface area (Å²) in [6.07, 6.45) is 3.75.